The monoisotopic (exact) mass is 546 g/mol. The van der Waals surface area contributed by atoms with Gasteiger partial charge >= 0.3 is 6.18 Å². The van der Waals surface area contributed by atoms with Crippen molar-refractivity contribution in [3.05, 3.63) is 81.8 Å². The molecule has 0 bridgehead atoms. The Hall–Kier alpha value is -2.95. The van der Waals surface area contributed by atoms with Gasteiger partial charge in [-0.3, -0.25) is 9.10 Å². The highest BCUT2D eigenvalue weighted by molar-refractivity contribution is 7.93. The first kappa shape index (κ1) is 26.7. The zero-order valence-corrected chi connectivity index (χ0v) is 20.7. The van der Waals surface area contributed by atoms with E-state index in [4.69, 9.17) is 27.9 Å². The van der Waals surface area contributed by atoms with Gasteiger partial charge in [0.2, 0.25) is 5.91 Å². The third-order valence-electron chi connectivity index (χ3n) is 4.85. The highest BCUT2D eigenvalue weighted by Crippen LogP contribution is 2.37. The summed E-state index contributed by atoms with van der Waals surface area (Å²) < 4.78 is 73.5. The average Bonchev–Trinajstić information content (AvgIpc) is 2.78. The van der Waals surface area contributed by atoms with Gasteiger partial charge < -0.3 is 10.1 Å². The van der Waals surface area contributed by atoms with Crippen LogP contribution < -0.4 is 14.4 Å². The van der Waals surface area contributed by atoms with Crippen molar-refractivity contribution in [2.24, 2.45) is 0 Å². The summed E-state index contributed by atoms with van der Waals surface area (Å²) in [6.45, 7) is 0.845. The van der Waals surface area contributed by atoms with Crippen molar-refractivity contribution in [1.82, 2.24) is 0 Å². The Morgan fingerprint density at radius 1 is 1.00 bits per heavy atom. The van der Waals surface area contributed by atoms with Crippen molar-refractivity contribution in [3.63, 3.8) is 0 Å². The van der Waals surface area contributed by atoms with E-state index < -0.39 is 39.9 Å². The van der Waals surface area contributed by atoms with Gasteiger partial charge in [0.25, 0.3) is 10.0 Å². The summed E-state index contributed by atoms with van der Waals surface area (Å²) in [5.74, 6) is -0.977. The molecular formula is C23H19Cl2F3N2O4S. The molecule has 0 unspecified atom stereocenters. The number of carbonyl (C=O) groups excluding carboxylic acids is 1. The average molecular weight is 547 g/mol. The van der Waals surface area contributed by atoms with Crippen molar-refractivity contribution in [1.29, 1.82) is 0 Å². The molecule has 0 saturated heterocycles. The molecule has 3 aromatic carbocycles. The Kier molecular flexibility index (Phi) is 7.88. The maximum absolute atomic E-state index is 13.6. The first-order valence-electron chi connectivity index (χ1n) is 9.92. The van der Waals surface area contributed by atoms with Gasteiger partial charge in [-0.15, -0.1) is 0 Å². The van der Waals surface area contributed by atoms with Crippen LogP contribution in [0.3, 0.4) is 0 Å². The fourth-order valence-corrected chi connectivity index (χ4v) is 5.17. The van der Waals surface area contributed by atoms with Crippen LogP contribution in [0.4, 0.5) is 24.5 Å². The maximum atomic E-state index is 13.6. The number of anilines is 2. The summed E-state index contributed by atoms with van der Waals surface area (Å²) in [6.07, 6.45) is -4.80. The number of sulfonamides is 1. The van der Waals surface area contributed by atoms with Crippen LogP contribution in [0.5, 0.6) is 5.75 Å². The zero-order valence-electron chi connectivity index (χ0n) is 18.4. The van der Waals surface area contributed by atoms with E-state index >= 15 is 0 Å². The molecule has 35 heavy (non-hydrogen) atoms. The summed E-state index contributed by atoms with van der Waals surface area (Å²) in [7, 11) is -3.11. The first-order chi connectivity index (χ1) is 16.3. The highest BCUT2D eigenvalue weighted by Gasteiger charge is 2.35. The van der Waals surface area contributed by atoms with Gasteiger partial charge in [0, 0.05) is 10.0 Å². The number of rotatable bonds is 7. The van der Waals surface area contributed by atoms with Gasteiger partial charge in [0.05, 0.1) is 24.0 Å². The van der Waals surface area contributed by atoms with Gasteiger partial charge in [-0.1, -0.05) is 29.3 Å². The minimum absolute atomic E-state index is 0.0343. The number of carbonyl (C=O) groups is 1. The molecule has 6 nitrogen and oxygen atoms in total. The number of nitrogens with zero attached hydrogens (tertiary/aromatic N) is 1. The Morgan fingerprint density at radius 2 is 1.63 bits per heavy atom. The van der Waals surface area contributed by atoms with E-state index in [2.05, 4.69) is 5.32 Å². The van der Waals surface area contributed by atoms with Gasteiger partial charge in [0.15, 0.2) is 0 Å². The summed E-state index contributed by atoms with van der Waals surface area (Å²) in [4.78, 5) is 12.6. The quantitative estimate of drug-likeness (QED) is 0.385. The molecule has 1 amide bonds. The predicted octanol–water partition coefficient (Wildman–Crippen LogP) is 6.16. The summed E-state index contributed by atoms with van der Waals surface area (Å²) >= 11 is 11.6. The lowest BCUT2D eigenvalue weighted by atomic mass is 10.1. The van der Waals surface area contributed by atoms with Gasteiger partial charge in [0.1, 0.15) is 17.2 Å². The number of alkyl halides is 3. The standard InChI is InChI=1S/C23H19Cl2F3N2O4S/c1-14-3-10-20(34-2)21(11-14)35(32,33)30(17-7-4-15(24)5-8-17)13-22(31)29-19-9-6-16(25)12-18(19)23(26,27)28/h3-12H,13H2,1-2H3,(H,29,31). The Labute approximate surface area is 210 Å². The molecule has 0 aliphatic carbocycles. The number of methoxy groups -OCH3 is 1. The molecule has 12 heteroatoms. The van der Waals surface area contributed by atoms with E-state index in [0.717, 1.165) is 10.4 Å². The van der Waals surface area contributed by atoms with E-state index in [1.54, 1.807) is 13.0 Å². The number of aryl methyl sites for hydroxylation is 1. The fourth-order valence-electron chi connectivity index (χ4n) is 3.21. The number of halogens is 5. The van der Waals surface area contributed by atoms with Crippen LogP contribution in [0.2, 0.25) is 10.0 Å². The van der Waals surface area contributed by atoms with E-state index in [1.807, 2.05) is 0 Å². The third kappa shape index (κ3) is 6.19. The van der Waals surface area contributed by atoms with Gasteiger partial charge in [-0.05, 0) is 67.1 Å². The Bertz CT molecular complexity index is 1350. The predicted molar refractivity (Wildman–Crippen MR) is 129 cm³/mol. The van der Waals surface area contributed by atoms with Crippen molar-refractivity contribution >= 4 is 50.5 Å². The molecule has 3 rings (SSSR count). The molecule has 3 aromatic rings. The molecule has 0 spiro atoms. The lowest BCUT2D eigenvalue weighted by Crippen LogP contribution is -2.38. The fraction of sp³-hybridized carbons (Fsp3) is 0.174. The smallest absolute Gasteiger partial charge is 0.418 e. The SMILES string of the molecule is COc1ccc(C)cc1S(=O)(=O)N(CC(=O)Nc1ccc(Cl)cc1C(F)(F)F)c1ccc(Cl)cc1. The topological polar surface area (TPSA) is 75.7 Å². The van der Waals surface area contributed by atoms with Crippen LogP contribution in [0.25, 0.3) is 0 Å². The van der Waals surface area contributed by atoms with Gasteiger partial charge in [-0.25, -0.2) is 8.42 Å². The third-order valence-corrected chi connectivity index (χ3v) is 7.13. The van der Waals surface area contributed by atoms with E-state index in [1.165, 1.54) is 49.6 Å². The Morgan fingerprint density at radius 3 is 2.23 bits per heavy atom. The Balaban J connectivity index is 2.04. The molecule has 0 aliphatic heterocycles. The van der Waals surface area contributed by atoms with Crippen molar-refractivity contribution in [2.75, 3.05) is 23.3 Å². The number of amides is 1. The highest BCUT2D eigenvalue weighted by atomic mass is 35.5. The number of benzene rings is 3. The largest absolute Gasteiger partial charge is 0.495 e. The number of nitrogens with one attached hydrogen (secondary N) is 1. The molecule has 186 valence electrons. The van der Waals surface area contributed by atoms with Crippen LogP contribution >= 0.6 is 23.2 Å². The van der Waals surface area contributed by atoms with Crippen LogP contribution in [-0.2, 0) is 21.0 Å². The molecule has 0 aromatic heterocycles. The normalized spacial score (nSPS) is 11.7. The summed E-state index contributed by atoms with van der Waals surface area (Å²) in [5.41, 5.74) is -1.05. The second-order valence-corrected chi connectivity index (χ2v) is 10.1. The first-order valence-corrected chi connectivity index (χ1v) is 12.1. The molecule has 0 atom stereocenters. The van der Waals surface area contributed by atoms with Crippen LogP contribution in [-0.4, -0.2) is 28.0 Å². The van der Waals surface area contributed by atoms with E-state index in [-0.39, 0.29) is 21.4 Å². The minimum Gasteiger partial charge on any atom is -0.495 e. The molecule has 0 aliphatic rings. The van der Waals surface area contributed by atoms with Crippen molar-refractivity contribution < 1.29 is 31.1 Å². The second kappa shape index (κ2) is 10.3. The number of hydrogen-bond donors (Lipinski definition) is 1. The zero-order chi connectivity index (χ0) is 26.0. The van der Waals surface area contributed by atoms with E-state index in [0.29, 0.717) is 16.7 Å². The van der Waals surface area contributed by atoms with Crippen molar-refractivity contribution in [3.8, 4) is 5.75 Å². The lowest BCUT2D eigenvalue weighted by Gasteiger charge is -2.25. The molecular weight excluding hydrogens is 528 g/mol. The van der Waals surface area contributed by atoms with E-state index in [9.17, 15) is 26.4 Å². The van der Waals surface area contributed by atoms with Gasteiger partial charge in [-0.2, -0.15) is 13.2 Å². The van der Waals surface area contributed by atoms with Crippen LogP contribution in [0.1, 0.15) is 11.1 Å². The molecule has 0 heterocycles. The summed E-state index contributed by atoms with van der Waals surface area (Å²) in [6, 6.07) is 12.9. The molecule has 0 fully saturated rings. The summed E-state index contributed by atoms with van der Waals surface area (Å²) in [5, 5.41) is 2.28. The van der Waals surface area contributed by atoms with Crippen LogP contribution in [0, 0.1) is 6.92 Å². The maximum Gasteiger partial charge on any atom is 0.418 e. The molecule has 0 saturated carbocycles. The number of hydrogen-bond acceptors (Lipinski definition) is 4. The lowest BCUT2D eigenvalue weighted by molar-refractivity contribution is -0.137. The molecule has 0 radical (unpaired) electrons. The number of ether oxygens (including phenoxy) is 1. The van der Waals surface area contributed by atoms with Crippen LogP contribution in [0.15, 0.2) is 65.6 Å². The second-order valence-electron chi connectivity index (χ2n) is 7.38. The molecule has 1 N–H and O–H groups in total. The van der Waals surface area contributed by atoms with Crippen molar-refractivity contribution in [2.45, 2.75) is 18.0 Å². The minimum atomic E-state index is -4.80.